The van der Waals surface area contributed by atoms with Gasteiger partial charge >= 0.3 is 0 Å². The fourth-order valence-corrected chi connectivity index (χ4v) is 4.20. The predicted molar refractivity (Wildman–Crippen MR) is 119 cm³/mol. The summed E-state index contributed by atoms with van der Waals surface area (Å²) in [5.41, 5.74) is 3.64. The number of aryl methyl sites for hydroxylation is 1. The van der Waals surface area contributed by atoms with Gasteiger partial charge in [0.15, 0.2) is 17.2 Å². The summed E-state index contributed by atoms with van der Waals surface area (Å²) in [5.74, 6) is 1.12. The molecule has 0 saturated carbocycles. The van der Waals surface area contributed by atoms with E-state index in [2.05, 4.69) is 50.7 Å². The number of anilines is 2. The number of nitrogens with one attached hydrogen (secondary N) is 1. The Morgan fingerprint density at radius 3 is 2.87 bits per heavy atom. The Bertz CT molecular complexity index is 1300. The van der Waals surface area contributed by atoms with E-state index in [1.165, 1.54) is 6.92 Å². The number of carbonyl (C=O) groups is 1. The zero-order chi connectivity index (χ0) is 21.5. The van der Waals surface area contributed by atoms with Crippen LogP contribution in [0.5, 0.6) is 0 Å². The van der Waals surface area contributed by atoms with Crippen molar-refractivity contribution in [2.45, 2.75) is 26.8 Å². The minimum atomic E-state index is -0.188. The second kappa shape index (κ2) is 7.63. The first-order chi connectivity index (χ1) is 15.0. The molecule has 0 bridgehead atoms. The van der Waals surface area contributed by atoms with Crippen molar-refractivity contribution in [2.24, 2.45) is 0 Å². The van der Waals surface area contributed by atoms with Crippen LogP contribution in [0.4, 0.5) is 11.6 Å². The maximum Gasteiger partial charge on any atom is 0.222 e. The molecule has 1 unspecified atom stereocenters. The first-order valence-corrected chi connectivity index (χ1v) is 10.3. The highest BCUT2D eigenvalue weighted by Crippen LogP contribution is 2.37. The normalized spacial score (nSPS) is 16.7. The second-order valence-electron chi connectivity index (χ2n) is 7.93. The van der Waals surface area contributed by atoms with Crippen LogP contribution in [0.1, 0.15) is 19.4 Å². The van der Waals surface area contributed by atoms with Crippen LogP contribution in [0.2, 0.25) is 0 Å². The molecule has 2 aromatic heterocycles. The highest BCUT2D eigenvalue weighted by molar-refractivity contribution is 6.05. The number of hydrogen-bond acceptors (Lipinski definition) is 7. The fourth-order valence-electron chi connectivity index (χ4n) is 4.20. The van der Waals surface area contributed by atoms with Crippen LogP contribution in [0, 0.1) is 6.92 Å². The van der Waals surface area contributed by atoms with Gasteiger partial charge in [0, 0.05) is 29.8 Å². The maximum atomic E-state index is 11.5. The molecule has 158 valence electrons. The molecule has 4 aromatic rings. The van der Waals surface area contributed by atoms with E-state index < -0.39 is 0 Å². The molecule has 1 aliphatic heterocycles. The highest BCUT2D eigenvalue weighted by atomic mass is 16.5. The summed E-state index contributed by atoms with van der Waals surface area (Å²) in [4.78, 5) is 13.7. The topological polar surface area (TPSA) is 93.4 Å². The zero-order valence-electron chi connectivity index (χ0n) is 17.7. The summed E-state index contributed by atoms with van der Waals surface area (Å²) in [5, 5.41) is 18.3. The lowest BCUT2D eigenvalue weighted by Crippen LogP contribution is -2.44. The number of morpholine rings is 1. The second-order valence-corrected chi connectivity index (χ2v) is 7.93. The lowest BCUT2D eigenvalue weighted by atomic mass is 9.96. The average Bonchev–Trinajstić information content (AvgIpc) is 3.15. The number of amides is 1. The molecule has 2 aromatic carbocycles. The molecule has 1 saturated heterocycles. The van der Waals surface area contributed by atoms with Gasteiger partial charge in [0.25, 0.3) is 0 Å². The molecule has 1 amide bonds. The zero-order valence-corrected chi connectivity index (χ0v) is 17.7. The molecule has 8 nitrogen and oxygen atoms in total. The van der Waals surface area contributed by atoms with Gasteiger partial charge in [-0.15, -0.1) is 5.10 Å². The number of benzene rings is 2. The Balaban J connectivity index is 1.63. The van der Waals surface area contributed by atoms with Crippen molar-refractivity contribution in [1.82, 2.24) is 15.4 Å². The predicted octanol–water partition coefficient (Wildman–Crippen LogP) is 3.93. The Kier molecular flexibility index (Phi) is 4.78. The maximum absolute atomic E-state index is 11.5. The SMILES string of the molecule is CC(=O)Nc1noc2c(-c3ccc4c(N5CCOCC5C)nncc4c3)c(C)ccc12. The average molecular weight is 417 g/mol. The first-order valence-electron chi connectivity index (χ1n) is 10.3. The third kappa shape index (κ3) is 3.38. The number of hydrogen-bond donors (Lipinski definition) is 1. The van der Waals surface area contributed by atoms with Crippen molar-refractivity contribution in [3.63, 3.8) is 0 Å². The van der Waals surface area contributed by atoms with E-state index in [1.54, 1.807) is 6.20 Å². The summed E-state index contributed by atoms with van der Waals surface area (Å²) in [6.45, 7) is 7.77. The summed E-state index contributed by atoms with van der Waals surface area (Å²) >= 11 is 0. The number of rotatable bonds is 3. The Hall–Kier alpha value is -3.52. The molecule has 1 aliphatic rings. The molecule has 31 heavy (non-hydrogen) atoms. The van der Waals surface area contributed by atoms with Gasteiger partial charge in [0.05, 0.1) is 30.8 Å². The third-order valence-corrected chi connectivity index (χ3v) is 5.71. The summed E-state index contributed by atoms with van der Waals surface area (Å²) in [6, 6.07) is 10.4. The van der Waals surface area contributed by atoms with Gasteiger partial charge in [-0.05, 0) is 43.2 Å². The largest absolute Gasteiger partial charge is 0.377 e. The molecule has 0 aliphatic carbocycles. The Morgan fingerprint density at radius 1 is 1.23 bits per heavy atom. The molecule has 1 atom stereocenters. The standard InChI is InChI=1S/C23H23N5O3/c1-13-4-6-19-21(31-27-22(19)25-15(3)29)20(13)16-5-7-18-17(10-16)11-24-26-23(18)28-8-9-30-12-14(28)2/h4-7,10-11,14H,8-9,12H2,1-3H3,(H,25,27,29). The molecule has 5 rings (SSSR count). The van der Waals surface area contributed by atoms with E-state index in [4.69, 9.17) is 9.26 Å². The van der Waals surface area contributed by atoms with Crippen molar-refractivity contribution < 1.29 is 14.1 Å². The molecule has 1 fully saturated rings. The van der Waals surface area contributed by atoms with Gasteiger partial charge in [-0.3, -0.25) is 4.79 Å². The molecule has 1 N–H and O–H groups in total. The minimum Gasteiger partial charge on any atom is -0.377 e. The lowest BCUT2D eigenvalue weighted by molar-refractivity contribution is -0.114. The van der Waals surface area contributed by atoms with Crippen LogP contribution in [0.3, 0.4) is 0 Å². The van der Waals surface area contributed by atoms with Crippen LogP contribution in [0.15, 0.2) is 41.1 Å². The van der Waals surface area contributed by atoms with Crippen molar-refractivity contribution >= 4 is 39.3 Å². The molecule has 0 radical (unpaired) electrons. The number of fused-ring (bicyclic) bond motifs is 2. The molecular weight excluding hydrogens is 394 g/mol. The molecule has 8 heteroatoms. The quantitative estimate of drug-likeness (QED) is 0.540. The van der Waals surface area contributed by atoms with E-state index in [9.17, 15) is 4.79 Å². The van der Waals surface area contributed by atoms with Gasteiger partial charge in [-0.1, -0.05) is 17.3 Å². The fraction of sp³-hybridized carbons (Fsp3) is 0.304. The van der Waals surface area contributed by atoms with Gasteiger partial charge in [0.1, 0.15) is 0 Å². The minimum absolute atomic E-state index is 0.188. The van der Waals surface area contributed by atoms with E-state index in [0.717, 1.165) is 45.2 Å². The summed E-state index contributed by atoms with van der Waals surface area (Å²) in [6.07, 6.45) is 1.78. The van der Waals surface area contributed by atoms with Crippen LogP contribution in [-0.4, -0.2) is 47.1 Å². The van der Waals surface area contributed by atoms with Crippen molar-refractivity contribution in [2.75, 3.05) is 30.0 Å². The van der Waals surface area contributed by atoms with Crippen molar-refractivity contribution in [3.8, 4) is 11.1 Å². The summed E-state index contributed by atoms with van der Waals surface area (Å²) < 4.78 is 11.2. The van der Waals surface area contributed by atoms with Crippen molar-refractivity contribution in [3.05, 3.63) is 42.1 Å². The van der Waals surface area contributed by atoms with Crippen LogP contribution >= 0.6 is 0 Å². The van der Waals surface area contributed by atoms with E-state index in [0.29, 0.717) is 24.6 Å². The molecule has 0 spiro atoms. The smallest absolute Gasteiger partial charge is 0.222 e. The van der Waals surface area contributed by atoms with Gasteiger partial charge in [0.2, 0.25) is 5.91 Å². The summed E-state index contributed by atoms with van der Waals surface area (Å²) in [7, 11) is 0. The molecule has 3 heterocycles. The van der Waals surface area contributed by atoms with Gasteiger partial charge in [-0.25, -0.2) is 0 Å². The highest BCUT2D eigenvalue weighted by Gasteiger charge is 2.23. The van der Waals surface area contributed by atoms with Crippen LogP contribution in [-0.2, 0) is 9.53 Å². The van der Waals surface area contributed by atoms with E-state index in [1.807, 2.05) is 19.1 Å². The number of aromatic nitrogens is 3. The lowest BCUT2D eigenvalue weighted by Gasteiger charge is -2.34. The number of ether oxygens (including phenoxy) is 1. The molecular formula is C23H23N5O3. The Labute approximate surface area is 179 Å². The monoisotopic (exact) mass is 417 g/mol. The number of nitrogens with zero attached hydrogens (tertiary/aromatic N) is 4. The number of carbonyl (C=O) groups excluding carboxylic acids is 1. The van der Waals surface area contributed by atoms with Crippen LogP contribution < -0.4 is 10.2 Å². The third-order valence-electron chi connectivity index (χ3n) is 5.71. The van der Waals surface area contributed by atoms with E-state index >= 15 is 0 Å². The van der Waals surface area contributed by atoms with Gasteiger partial charge in [-0.2, -0.15) is 5.10 Å². The Morgan fingerprint density at radius 2 is 2.06 bits per heavy atom. The van der Waals surface area contributed by atoms with Crippen molar-refractivity contribution in [1.29, 1.82) is 0 Å². The van der Waals surface area contributed by atoms with Gasteiger partial charge < -0.3 is 19.5 Å². The van der Waals surface area contributed by atoms with E-state index in [-0.39, 0.29) is 11.9 Å². The first kappa shape index (κ1) is 19.4. The van der Waals surface area contributed by atoms with Crippen LogP contribution in [0.25, 0.3) is 32.9 Å².